The molecule has 0 bridgehead atoms. The van der Waals surface area contributed by atoms with Gasteiger partial charge in [-0.05, 0) is 29.4 Å². The van der Waals surface area contributed by atoms with Crippen LogP contribution in [0.4, 0.5) is 0 Å². The zero-order chi connectivity index (χ0) is 11.7. The smallest absolute Gasteiger partial charge is 0.129 e. The van der Waals surface area contributed by atoms with Gasteiger partial charge in [0.15, 0.2) is 0 Å². The van der Waals surface area contributed by atoms with Gasteiger partial charge in [0.05, 0.1) is 0 Å². The van der Waals surface area contributed by atoms with Crippen molar-refractivity contribution in [2.75, 3.05) is 0 Å². The van der Waals surface area contributed by atoms with Crippen molar-refractivity contribution in [2.24, 2.45) is 0 Å². The first-order chi connectivity index (χ1) is 6.18. The van der Waals surface area contributed by atoms with Gasteiger partial charge in [-0.2, -0.15) is 0 Å². The molecule has 0 aliphatic carbocycles. The average Bonchev–Trinajstić information content (AvgIpc) is 2.12. The molecule has 0 spiro atoms. The summed E-state index contributed by atoms with van der Waals surface area (Å²) in [5.41, 5.74) is 0. The molecule has 0 fully saturated rings. The number of carbonyl (C=O) groups is 1. The maximum Gasteiger partial charge on any atom is 0.129 e. The Morgan fingerprint density at radius 2 is 1.31 bits per heavy atom. The van der Waals surface area contributed by atoms with Gasteiger partial charge in [-0.25, -0.2) is 0 Å². The van der Waals surface area contributed by atoms with Crippen LogP contribution in [0, 0.1) is 0 Å². The minimum atomic E-state index is 0.289. The molecule has 0 aromatic rings. The summed E-state index contributed by atoms with van der Waals surface area (Å²) >= 11 is 7.78. The van der Waals surface area contributed by atoms with E-state index in [0.717, 1.165) is 12.8 Å². The molecule has 0 aliphatic rings. The second-order valence-electron chi connectivity index (χ2n) is 2.16. The molecule has 0 aromatic heterocycles. The van der Waals surface area contributed by atoms with Gasteiger partial charge < -0.3 is 4.79 Å². The molecule has 0 heterocycles. The van der Waals surface area contributed by atoms with Gasteiger partial charge >= 0.3 is 0 Å². The summed E-state index contributed by atoms with van der Waals surface area (Å²) in [6.07, 6.45) is 2.97. The summed E-state index contributed by atoms with van der Waals surface area (Å²) in [6, 6.07) is 0. The number of ketones is 1. The van der Waals surface area contributed by atoms with Gasteiger partial charge in [0.1, 0.15) is 5.78 Å². The lowest BCUT2D eigenvalue weighted by molar-refractivity contribution is -0.117. The SMILES string of the molecule is CCC.CCCC(C)=O.P=S.P=S. The van der Waals surface area contributed by atoms with Gasteiger partial charge in [-0.3, -0.25) is 0 Å². The van der Waals surface area contributed by atoms with Crippen LogP contribution in [-0.4, -0.2) is 5.78 Å². The monoisotopic (exact) mass is 258 g/mol. The van der Waals surface area contributed by atoms with E-state index in [1.807, 2.05) is 6.92 Å². The van der Waals surface area contributed by atoms with Crippen molar-refractivity contribution < 1.29 is 4.79 Å². The number of Topliss-reactive ketones (excluding diaryl/α,β-unsaturated/α-hetero) is 1. The van der Waals surface area contributed by atoms with Crippen molar-refractivity contribution in [3.63, 3.8) is 0 Å². The highest BCUT2D eigenvalue weighted by molar-refractivity contribution is 7.89. The molecule has 13 heavy (non-hydrogen) atoms. The number of hydrogen-bond acceptors (Lipinski definition) is 3. The molecule has 0 aromatic carbocycles. The quantitative estimate of drug-likeness (QED) is 0.697. The second-order valence-corrected chi connectivity index (χ2v) is 2.16. The summed E-state index contributed by atoms with van der Waals surface area (Å²) in [5.74, 6) is 0.289. The van der Waals surface area contributed by atoms with E-state index in [4.69, 9.17) is 0 Å². The lowest BCUT2D eigenvalue weighted by Crippen LogP contribution is -1.84. The van der Waals surface area contributed by atoms with Crippen molar-refractivity contribution in [2.45, 2.75) is 47.0 Å². The third-order valence-corrected chi connectivity index (χ3v) is 0.602. The third-order valence-electron chi connectivity index (χ3n) is 0.602. The molecular formula is C8H20OP2S2. The van der Waals surface area contributed by atoms with Crippen LogP contribution in [0.3, 0.4) is 0 Å². The fourth-order valence-corrected chi connectivity index (χ4v) is 0.352. The van der Waals surface area contributed by atoms with Crippen LogP contribution >= 0.6 is 16.0 Å². The second kappa shape index (κ2) is 38.7. The fourth-order valence-electron chi connectivity index (χ4n) is 0.352. The standard InChI is InChI=1S/C5H10O.C3H8.2HPS/c1-3-4-5(2)6;1-3-2;2*1-2/h3-4H2,1-2H3;3H2,1-2H3;2*1H. The summed E-state index contributed by atoms with van der Waals surface area (Å²) in [7, 11) is 5.11. The number of hydrogen-bond donors (Lipinski definition) is 0. The summed E-state index contributed by atoms with van der Waals surface area (Å²) in [5, 5.41) is 0. The van der Waals surface area contributed by atoms with Crippen LogP contribution in [-0.2, 0) is 28.4 Å². The number of rotatable bonds is 2. The minimum Gasteiger partial charge on any atom is -0.300 e. The van der Waals surface area contributed by atoms with Crippen LogP contribution in [0.25, 0.3) is 0 Å². The molecule has 0 aliphatic heterocycles. The Bertz CT molecular complexity index is 90.2. The Hall–Kier alpha value is 0.710. The molecule has 80 valence electrons. The van der Waals surface area contributed by atoms with Gasteiger partial charge in [0.25, 0.3) is 0 Å². The van der Waals surface area contributed by atoms with Crippen LogP contribution in [0.5, 0.6) is 0 Å². The highest BCUT2D eigenvalue weighted by Crippen LogP contribution is 1.84. The molecular weight excluding hydrogens is 238 g/mol. The molecule has 0 N–H and O–H groups in total. The van der Waals surface area contributed by atoms with Crippen LogP contribution in [0.1, 0.15) is 47.0 Å². The Balaban J connectivity index is -0.0000000493. The predicted molar refractivity (Wildman–Crippen MR) is 72.9 cm³/mol. The zero-order valence-electron chi connectivity index (χ0n) is 8.85. The molecule has 0 atom stereocenters. The van der Waals surface area contributed by atoms with E-state index in [-0.39, 0.29) is 5.78 Å². The predicted octanol–water partition coefficient (Wildman–Crippen LogP) is 3.97. The minimum absolute atomic E-state index is 0.289. The molecule has 0 rings (SSSR count). The maximum absolute atomic E-state index is 10.0. The topological polar surface area (TPSA) is 17.1 Å². The first-order valence-corrected chi connectivity index (χ1v) is 7.35. The van der Waals surface area contributed by atoms with E-state index in [9.17, 15) is 4.79 Å². The molecule has 0 amide bonds. The Labute approximate surface area is 97.2 Å². The first kappa shape index (κ1) is 23.5. The van der Waals surface area contributed by atoms with E-state index in [1.165, 1.54) is 6.42 Å². The van der Waals surface area contributed by atoms with Crippen LogP contribution < -0.4 is 0 Å². The van der Waals surface area contributed by atoms with E-state index in [1.54, 1.807) is 6.92 Å². The molecule has 0 unspecified atom stereocenters. The molecule has 0 saturated heterocycles. The van der Waals surface area contributed by atoms with Crippen LogP contribution in [0.2, 0.25) is 0 Å². The molecule has 5 heteroatoms. The van der Waals surface area contributed by atoms with Gasteiger partial charge in [0.2, 0.25) is 0 Å². The van der Waals surface area contributed by atoms with Gasteiger partial charge in [0, 0.05) is 6.42 Å². The lowest BCUT2D eigenvalue weighted by Gasteiger charge is -1.80. The van der Waals surface area contributed by atoms with Crippen molar-refractivity contribution in [3.05, 3.63) is 0 Å². The Morgan fingerprint density at radius 3 is 1.31 bits per heavy atom. The van der Waals surface area contributed by atoms with Crippen molar-refractivity contribution >= 4 is 45.4 Å². The van der Waals surface area contributed by atoms with E-state index >= 15 is 0 Å². The number of carbonyl (C=O) groups excluding carboxylic acids is 1. The third kappa shape index (κ3) is 106. The lowest BCUT2D eigenvalue weighted by atomic mass is 10.3. The average molecular weight is 258 g/mol. The zero-order valence-corrected chi connectivity index (χ0v) is 12.5. The highest BCUT2D eigenvalue weighted by atomic mass is 32.4. The summed E-state index contributed by atoms with van der Waals surface area (Å²) < 4.78 is 0. The summed E-state index contributed by atoms with van der Waals surface area (Å²) in [4.78, 5) is 10.0. The van der Waals surface area contributed by atoms with Crippen molar-refractivity contribution in [1.29, 1.82) is 0 Å². The normalized spacial score (nSPS) is 5.85. The van der Waals surface area contributed by atoms with Gasteiger partial charge in [-0.15, -0.1) is 0 Å². The largest absolute Gasteiger partial charge is 0.300 e. The van der Waals surface area contributed by atoms with Crippen molar-refractivity contribution in [3.8, 4) is 0 Å². The Kier molecular flexibility index (Phi) is 69.9. The molecule has 0 radical (unpaired) electrons. The summed E-state index contributed by atoms with van der Waals surface area (Å²) in [6.45, 7) is 7.87. The van der Waals surface area contributed by atoms with E-state index < -0.39 is 0 Å². The molecule has 1 nitrogen and oxygen atoms in total. The Morgan fingerprint density at radius 1 is 1.08 bits per heavy atom. The highest BCUT2D eigenvalue weighted by Gasteiger charge is 1.83. The molecule has 0 saturated carbocycles. The first-order valence-electron chi connectivity index (χ1n) is 4.09. The van der Waals surface area contributed by atoms with Crippen molar-refractivity contribution in [1.82, 2.24) is 0 Å². The van der Waals surface area contributed by atoms with Gasteiger partial charge in [-0.1, -0.05) is 50.8 Å². The fraction of sp³-hybridized carbons (Fsp3) is 0.875. The maximum atomic E-state index is 10.0. The van der Waals surface area contributed by atoms with E-state index in [0.29, 0.717) is 0 Å². The van der Waals surface area contributed by atoms with Crippen LogP contribution in [0.15, 0.2) is 0 Å². The van der Waals surface area contributed by atoms with E-state index in [2.05, 4.69) is 53.5 Å².